The number of terminal acetylenes is 1. The Bertz CT molecular complexity index is 232. The van der Waals surface area contributed by atoms with Gasteiger partial charge in [0, 0.05) is 24.7 Å². The molecule has 0 aromatic rings. The van der Waals surface area contributed by atoms with Crippen molar-refractivity contribution in [1.82, 2.24) is 10.2 Å². The summed E-state index contributed by atoms with van der Waals surface area (Å²) in [5.41, 5.74) is 0.134. The van der Waals surface area contributed by atoms with Gasteiger partial charge < -0.3 is 10.1 Å². The summed E-state index contributed by atoms with van der Waals surface area (Å²) in [5.74, 6) is 2.59. The maximum Gasteiger partial charge on any atom is 0.0645 e. The van der Waals surface area contributed by atoms with Crippen molar-refractivity contribution < 1.29 is 4.74 Å². The normalized spacial score (nSPS) is 23.3. The van der Waals surface area contributed by atoms with Crippen LogP contribution in [0.3, 0.4) is 0 Å². The SMILES string of the molecule is C#CCNCC(C)N1CCOCC1(C)C. The molecule has 1 unspecified atom stereocenters. The van der Waals surface area contributed by atoms with Crippen LogP contribution >= 0.6 is 0 Å². The molecular formula is C12H22N2O. The van der Waals surface area contributed by atoms with E-state index in [1.807, 2.05) is 0 Å². The van der Waals surface area contributed by atoms with Crippen LogP contribution in [0.4, 0.5) is 0 Å². The molecule has 0 aromatic heterocycles. The molecular weight excluding hydrogens is 188 g/mol. The zero-order valence-corrected chi connectivity index (χ0v) is 10.0. The predicted octanol–water partition coefficient (Wildman–Crippen LogP) is 0.709. The van der Waals surface area contributed by atoms with Gasteiger partial charge in [0.1, 0.15) is 0 Å². The molecule has 1 atom stereocenters. The van der Waals surface area contributed by atoms with E-state index < -0.39 is 0 Å². The zero-order valence-electron chi connectivity index (χ0n) is 10.0. The summed E-state index contributed by atoms with van der Waals surface area (Å²) in [5, 5.41) is 3.25. The molecule has 3 heteroatoms. The molecule has 1 fully saturated rings. The zero-order chi connectivity index (χ0) is 11.3. The first kappa shape index (κ1) is 12.5. The predicted molar refractivity (Wildman–Crippen MR) is 62.8 cm³/mol. The number of ether oxygens (including phenoxy) is 1. The van der Waals surface area contributed by atoms with E-state index in [4.69, 9.17) is 11.2 Å². The van der Waals surface area contributed by atoms with E-state index >= 15 is 0 Å². The van der Waals surface area contributed by atoms with Gasteiger partial charge in [-0.25, -0.2) is 0 Å². The first-order valence-corrected chi connectivity index (χ1v) is 5.56. The van der Waals surface area contributed by atoms with Crippen LogP contribution in [-0.2, 0) is 4.74 Å². The van der Waals surface area contributed by atoms with E-state index in [0.717, 1.165) is 26.3 Å². The van der Waals surface area contributed by atoms with E-state index in [1.165, 1.54) is 0 Å². The minimum Gasteiger partial charge on any atom is -0.378 e. The summed E-state index contributed by atoms with van der Waals surface area (Å²) in [6.45, 7) is 10.9. The Morgan fingerprint density at radius 3 is 2.93 bits per heavy atom. The van der Waals surface area contributed by atoms with Gasteiger partial charge in [0.05, 0.1) is 19.8 Å². The maximum absolute atomic E-state index is 5.50. The Hall–Kier alpha value is -0.560. The fourth-order valence-electron chi connectivity index (χ4n) is 2.15. The molecule has 86 valence electrons. The van der Waals surface area contributed by atoms with Crippen molar-refractivity contribution in [1.29, 1.82) is 0 Å². The standard InChI is InChI=1S/C12H22N2O/c1-5-6-13-9-11(2)14-7-8-15-10-12(14,3)4/h1,11,13H,6-10H2,2-4H3. The van der Waals surface area contributed by atoms with Gasteiger partial charge in [-0.2, -0.15) is 0 Å². The molecule has 0 aliphatic carbocycles. The third-order valence-corrected chi connectivity index (χ3v) is 2.91. The second-order valence-corrected chi connectivity index (χ2v) is 4.74. The van der Waals surface area contributed by atoms with Crippen molar-refractivity contribution in [2.45, 2.75) is 32.4 Å². The molecule has 0 spiro atoms. The third-order valence-electron chi connectivity index (χ3n) is 2.91. The van der Waals surface area contributed by atoms with Crippen LogP contribution in [0.1, 0.15) is 20.8 Å². The monoisotopic (exact) mass is 210 g/mol. The maximum atomic E-state index is 5.50. The smallest absolute Gasteiger partial charge is 0.0645 e. The molecule has 1 rings (SSSR count). The lowest BCUT2D eigenvalue weighted by Crippen LogP contribution is -2.58. The highest BCUT2D eigenvalue weighted by molar-refractivity contribution is 4.90. The number of hydrogen-bond donors (Lipinski definition) is 1. The molecule has 1 aliphatic heterocycles. The van der Waals surface area contributed by atoms with Crippen LogP contribution in [0.2, 0.25) is 0 Å². The topological polar surface area (TPSA) is 24.5 Å². The molecule has 0 saturated carbocycles. The lowest BCUT2D eigenvalue weighted by Gasteiger charge is -2.45. The van der Waals surface area contributed by atoms with Crippen LogP contribution in [-0.4, -0.2) is 49.3 Å². The summed E-state index contributed by atoms with van der Waals surface area (Å²) in [7, 11) is 0. The second-order valence-electron chi connectivity index (χ2n) is 4.74. The number of morpholine rings is 1. The quantitative estimate of drug-likeness (QED) is 0.546. The largest absolute Gasteiger partial charge is 0.378 e. The Morgan fingerprint density at radius 2 is 2.33 bits per heavy atom. The van der Waals surface area contributed by atoms with Gasteiger partial charge in [-0.15, -0.1) is 6.42 Å². The first-order chi connectivity index (χ1) is 7.08. The van der Waals surface area contributed by atoms with E-state index in [0.29, 0.717) is 12.6 Å². The molecule has 1 saturated heterocycles. The minimum atomic E-state index is 0.134. The third kappa shape index (κ3) is 3.49. The van der Waals surface area contributed by atoms with Gasteiger partial charge in [-0.1, -0.05) is 5.92 Å². The van der Waals surface area contributed by atoms with Crippen molar-refractivity contribution >= 4 is 0 Å². The Morgan fingerprint density at radius 1 is 1.60 bits per heavy atom. The number of nitrogens with zero attached hydrogens (tertiary/aromatic N) is 1. The summed E-state index contributed by atoms with van der Waals surface area (Å²) < 4.78 is 5.50. The second kappa shape index (κ2) is 5.50. The molecule has 15 heavy (non-hydrogen) atoms. The lowest BCUT2D eigenvalue weighted by atomic mass is 10.00. The van der Waals surface area contributed by atoms with Gasteiger partial charge in [0.15, 0.2) is 0 Å². The van der Waals surface area contributed by atoms with Crippen molar-refractivity contribution in [3.63, 3.8) is 0 Å². The molecule has 1 heterocycles. The highest BCUT2D eigenvalue weighted by Crippen LogP contribution is 2.21. The molecule has 0 aromatic carbocycles. The van der Waals surface area contributed by atoms with Crippen molar-refractivity contribution in [3.8, 4) is 12.3 Å². The minimum absolute atomic E-state index is 0.134. The Balaban J connectivity index is 2.42. The van der Waals surface area contributed by atoms with Crippen LogP contribution in [0.5, 0.6) is 0 Å². The van der Waals surface area contributed by atoms with E-state index in [-0.39, 0.29) is 5.54 Å². The van der Waals surface area contributed by atoms with Gasteiger partial charge in [0.2, 0.25) is 0 Å². The fraction of sp³-hybridized carbons (Fsp3) is 0.833. The van der Waals surface area contributed by atoms with E-state index in [1.54, 1.807) is 0 Å². The summed E-state index contributed by atoms with van der Waals surface area (Å²) in [4.78, 5) is 2.49. The van der Waals surface area contributed by atoms with Crippen molar-refractivity contribution in [2.75, 3.05) is 32.8 Å². The Kier molecular flexibility index (Phi) is 4.59. The number of rotatable bonds is 4. The van der Waals surface area contributed by atoms with Crippen molar-refractivity contribution in [2.24, 2.45) is 0 Å². The van der Waals surface area contributed by atoms with Crippen LogP contribution in [0, 0.1) is 12.3 Å². The van der Waals surface area contributed by atoms with Gasteiger partial charge in [-0.05, 0) is 20.8 Å². The molecule has 1 N–H and O–H groups in total. The molecule has 0 amide bonds. The number of nitrogens with one attached hydrogen (secondary N) is 1. The van der Waals surface area contributed by atoms with Crippen LogP contribution < -0.4 is 5.32 Å². The summed E-state index contributed by atoms with van der Waals surface area (Å²) >= 11 is 0. The molecule has 0 radical (unpaired) electrons. The average Bonchev–Trinajstić information content (AvgIpc) is 2.17. The fourth-order valence-corrected chi connectivity index (χ4v) is 2.15. The van der Waals surface area contributed by atoms with Crippen LogP contribution in [0.15, 0.2) is 0 Å². The number of hydrogen-bond acceptors (Lipinski definition) is 3. The van der Waals surface area contributed by atoms with E-state index in [2.05, 4.69) is 36.9 Å². The van der Waals surface area contributed by atoms with Crippen molar-refractivity contribution in [3.05, 3.63) is 0 Å². The first-order valence-electron chi connectivity index (χ1n) is 5.56. The highest BCUT2D eigenvalue weighted by atomic mass is 16.5. The van der Waals surface area contributed by atoms with Gasteiger partial charge in [-0.3, -0.25) is 4.90 Å². The molecule has 1 aliphatic rings. The average molecular weight is 210 g/mol. The van der Waals surface area contributed by atoms with Crippen LogP contribution in [0.25, 0.3) is 0 Å². The van der Waals surface area contributed by atoms with Gasteiger partial charge in [0.25, 0.3) is 0 Å². The lowest BCUT2D eigenvalue weighted by molar-refractivity contribution is -0.0680. The molecule has 0 bridgehead atoms. The Labute approximate surface area is 93.2 Å². The molecule has 3 nitrogen and oxygen atoms in total. The van der Waals surface area contributed by atoms with E-state index in [9.17, 15) is 0 Å². The summed E-state index contributed by atoms with van der Waals surface area (Å²) in [6.07, 6.45) is 5.20. The highest BCUT2D eigenvalue weighted by Gasteiger charge is 2.33. The summed E-state index contributed by atoms with van der Waals surface area (Å²) in [6, 6.07) is 0.497. The van der Waals surface area contributed by atoms with Gasteiger partial charge >= 0.3 is 0 Å².